The second-order valence-electron chi connectivity index (χ2n) is 4.62. The molecule has 0 saturated carbocycles. The maximum atomic E-state index is 12.6. The lowest BCUT2D eigenvalue weighted by atomic mass is 10.2. The number of anilines is 1. The van der Waals surface area contributed by atoms with Crippen LogP contribution in [0.2, 0.25) is 0 Å². The molecule has 21 heavy (non-hydrogen) atoms. The Morgan fingerprint density at radius 2 is 2.10 bits per heavy atom. The number of sulfonamides is 1. The van der Waals surface area contributed by atoms with Gasteiger partial charge in [-0.05, 0) is 18.6 Å². The molecule has 1 aromatic rings. The Hall–Kier alpha value is -1.68. The molecule has 1 aromatic heterocycles. The molecule has 116 valence electrons. The number of nitrogens with one attached hydrogen (secondary N) is 1. The number of carbonyl (C=O) groups excluding carboxylic acids is 1. The van der Waals surface area contributed by atoms with Gasteiger partial charge in [0.05, 0.1) is 11.8 Å². The predicted octanol–water partition coefficient (Wildman–Crippen LogP) is 0.755. The van der Waals surface area contributed by atoms with Crippen LogP contribution in [-0.4, -0.2) is 38.2 Å². The van der Waals surface area contributed by atoms with Crippen LogP contribution in [0.1, 0.15) is 12.0 Å². The number of halogens is 3. The standard InChI is InChI=1S/C11H12F3N3O3S/c1-21(19,20)16-8-3-5-17(10(8)18)9-6-7(2-4-15-9)11(12,13)14/h2,4,6,8,16H,3,5H2,1H3. The Labute approximate surface area is 119 Å². The van der Waals surface area contributed by atoms with Crippen molar-refractivity contribution in [2.75, 3.05) is 17.7 Å². The van der Waals surface area contributed by atoms with Crippen LogP contribution in [0.5, 0.6) is 0 Å². The number of hydrogen-bond acceptors (Lipinski definition) is 4. The minimum Gasteiger partial charge on any atom is -0.295 e. The number of alkyl halides is 3. The van der Waals surface area contributed by atoms with Gasteiger partial charge in [0.1, 0.15) is 11.9 Å². The SMILES string of the molecule is CS(=O)(=O)NC1CCN(c2cc(C(F)(F)F)ccn2)C1=O. The van der Waals surface area contributed by atoms with Crippen molar-refractivity contribution in [2.45, 2.75) is 18.6 Å². The quantitative estimate of drug-likeness (QED) is 0.890. The van der Waals surface area contributed by atoms with Gasteiger partial charge < -0.3 is 0 Å². The zero-order valence-electron chi connectivity index (χ0n) is 10.9. The van der Waals surface area contributed by atoms with Crippen molar-refractivity contribution in [3.8, 4) is 0 Å². The monoisotopic (exact) mass is 323 g/mol. The van der Waals surface area contributed by atoms with E-state index in [1.807, 2.05) is 0 Å². The lowest BCUT2D eigenvalue weighted by Crippen LogP contribution is -2.41. The van der Waals surface area contributed by atoms with Gasteiger partial charge in [-0.1, -0.05) is 0 Å². The maximum absolute atomic E-state index is 12.6. The van der Waals surface area contributed by atoms with Crippen LogP contribution < -0.4 is 9.62 Å². The minimum absolute atomic E-state index is 0.0976. The van der Waals surface area contributed by atoms with Crippen molar-refractivity contribution in [1.82, 2.24) is 9.71 Å². The Morgan fingerprint density at radius 1 is 1.43 bits per heavy atom. The van der Waals surface area contributed by atoms with E-state index in [4.69, 9.17) is 0 Å². The van der Waals surface area contributed by atoms with Crippen LogP contribution in [-0.2, 0) is 21.0 Å². The first-order chi connectivity index (χ1) is 9.58. The van der Waals surface area contributed by atoms with E-state index in [0.29, 0.717) is 0 Å². The highest BCUT2D eigenvalue weighted by Crippen LogP contribution is 2.31. The molecule has 0 spiro atoms. The Kier molecular flexibility index (Phi) is 3.93. The van der Waals surface area contributed by atoms with E-state index in [1.165, 1.54) is 0 Å². The average molecular weight is 323 g/mol. The molecule has 1 aliphatic heterocycles. The van der Waals surface area contributed by atoms with Crippen LogP contribution >= 0.6 is 0 Å². The highest BCUT2D eigenvalue weighted by atomic mass is 32.2. The van der Waals surface area contributed by atoms with E-state index < -0.39 is 33.7 Å². The molecule has 2 rings (SSSR count). The fraction of sp³-hybridized carbons (Fsp3) is 0.455. The second kappa shape index (κ2) is 5.26. The number of hydrogen-bond donors (Lipinski definition) is 1. The van der Waals surface area contributed by atoms with E-state index in [9.17, 15) is 26.4 Å². The van der Waals surface area contributed by atoms with Gasteiger partial charge in [0.25, 0.3) is 0 Å². The molecule has 1 N–H and O–H groups in total. The van der Waals surface area contributed by atoms with Crippen LogP contribution in [0.25, 0.3) is 0 Å². The largest absolute Gasteiger partial charge is 0.416 e. The van der Waals surface area contributed by atoms with Crippen LogP contribution in [0.3, 0.4) is 0 Å². The molecule has 1 atom stereocenters. The number of pyridine rings is 1. The van der Waals surface area contributed by atoms with E-state index in [1.54, 1.807) is 0 Å². The van der Waals surface area contributed by atoms with Crippen molar-refractivity contribution in [1.29, 1.82) is 0 Å². The van der Waals surface area contributed by atoms with Crippen molar-refractivity contribution in [3.05, 3.63) is 23.9 Å². The van der Waals surface area contributed by atoms with Gasteiger partial charge in [-0.15, -0.1) is 0 Å². The fourth-order valence-corrected chi connectivity index (χ4v) is 2.75. The van der Waals surface area contributed by atoms with Crippen molar-refractivity contribution >= 4 is 21.7 Å². The molecule has 0 aromatic carbocycles. The van der Waals surface area contributed by atoms with Gasteiger partial charge >= 0.3 is 6.18 Å². The molecule has 0 aliphatic carbocycles. The summed E-state index contributed by atoms with van der Waals surface area (Å²) in [5, 5.41) is 0. The second-order valence-corrected chi connectivity index (χ2v) is 6.40. The molecular weight excluding hydrogens is 311 g/mol. The van der Waals surface area contributed by atoms with Gasteiger partial charge in [-0.25, -0.2) is 18.1 Å². The third-order valence-electron chi connectivity index (χ3n) is 2.91. The molecule has 1 unspecified atom stereocenters. The minimum atomic E-state index is -4.54. The number of carbonyl (C=O) groups is 1. The lowest BCUT2D eigenvalue weighted by molar-refractivity contribution is -0.137. The van der Waals surface area contributed by atoms with E-state index in [0.717, 1.165) is 29.5 Å². The third kappa shape index (κ3) is 3.70. The fourth-order valence-electron chi connectivity index (χ4n) is 2.02. The smallest absolute Gasteiger partial charge is 0.295 e. The number of amides is 1. The molecule has 1 aliphatic rings. The zero-order chi connectivity index (χ0) is 15.8. The normalized spacial score (nSPS) is 20.1. The van der Waals surface area contributed by atoms with Gasteiger partial charge in [0, 0.05) is 12.7 Å². The number of nitrogens with zero attached hydrogens (tertiary/aromatic N) is 2. The Morgan fingerprint density at radius 3 is 2.67 bits per heavy atom. The zero-order valence-corrected chi connectivity index (χ0v) is 11.7. The van der Waals surface area contributed by atoms with E-state index in [-0.39, 0.29) is 18.8 Å². The lowest BCUT2D eigenvalue weighted by Gasteiger charge is -2.17. The summed E-state index contributed by atoms with van der Waals surface area (Å²) >= 11 is 0. The first-order valence-electron chi connectivity index (χ1n) is 5.90. The number of aromatic nitrogens is 1. The summed E-state index contributed by atoms with van der Waals surface area (Å²) in [4.78, 5) is 16.8. The first-order valence-corrected chi connectivity index (χ1v) is 7.79. The average Bonchev–Trinajstić information content (AvgIpc) is 2.68. The van der Waals surface area contributed by atoms with Crippen molar-refractivity contribution in [3.63, 3.8) is 0 Å². The summed E-state index contributed by atoms with van der Waals surface area (Å²) in [5.41, 5.74) is -0.917. The van der Waals surface area contributed by atoms with Gasteiger partial charge in [-0.2, -0.15) is 13.2 Å². The Bertz CT molecular complexity index is 660. The van der Waals surface area contributed by atoms with Gasteiger partial charge in [0.2, 0.25) is 15.9 Å². The summed E-state index contributed by atoms with van der Waals surface area (Å²) in [6.07, 6.45) is -2.50. The summed E-state index contributed by atoms with van der Waals surface area (Å²) in [7, 11) is -3.58. The summed E-state index contributed by atoms with van der Waals surface area (Å²) in [5.74, 6) is -0.764. The molecule has 10 heteroatoms. The maximum Gasteiger partial charge on any atom is 0.416 e. The van der Waals surface area contributed by atoms with Gasteiger partial charge in [-0.3, -0.25) is 9.69 Å². The summed E-state index contributed by atoms with van der Waals surface area (Å²) < 4.78 is 62.3. The Balaban J connectivity index is 2.23. The predicted molar refractivity (Wildman–Crippen MR) is 68.0 cm³/mol. The van der Waals surface area contributed by atoms with Crippen LogP contribution in [0.15, 0.2) is 18.3 Å². The van der Waals surface area contributed by atoms with Gasteiger partial charge in [0.15, 0.2) is 0 Å². The van der Waals surface area contributed by atoms with Crippen LogP contribution in [0.4, 0.5) is 19.0 Å². The third-order valence-corrected chi connectivity index (χ3v) is 3.62. The molecule has 6 nitrogen and oxygen atoms in total. The molecule has 2 heterocycles. The molecule has 1 amide bonds. The molecule has 1 saturated heterocycles. The highest BCUT2D eigenvalue weighted by Gasteiger charge is 2.36. The highest BCUT2D eigenvalue weighted by molar-refractivity contribution is 7.88. The molecule has 0 radical (unpaired) electrons. The summed E-state index contributed by atoms with van der Waals surface area (Å²) in [6.45, 7) is 0.0976. The topological polar surface area (TPSA) is 79.4 Å². The van der Waals surface area contributed by atoms with Crippen molar-refractivity contribution in [2.24, 2.45) is 0 Å². The molecular formula is C11H12F3N3O3S. The van der Waals surface area contributed by atoms with Crippen molar-refractivity contribution < 1.29 is 26.4 Å². The number of rotatable bonds is 3. The molecule has 1 fully saturated rings. The summed E-state index contributed by atoms with van der Waals surface area (Å²) in [6, 6.07) is 0.591. The van der Waals surface area contributed by atoms with E-state index >= 15 is 0 Å². The van der Waals surface area contributed by atoms with Crippen LogP contribution in [0, 0.1) is 0 Å². The first kappa shape index (κ1) is 15.7. The van der Waals surface area contributed by atoms with E-state index in [2.05, 4.69) is 9.71 Å². The molecule has 0 bridgehead atoms.